The van der Waals surface area contributed by atoms with Crippen molar-refractivity contribution >= 4 is 27.5 Å². The minimum atomic E-state index is -0.0504. The third-order valence-electron chi connectivity index (χ3n) is 2.28. The first kappa shape index (κ1) is 14.0. The van der Waals surface area contributed by atoms with E-state index in [1.807, 2.05) is 18.2 Å². The number of hydrogen-bond acceptors (Lipinski definition) is 2. The second-order valence-electron chi connectivity index (χ2n) is 4.41. The van der Waals surface area contributed by atoms with Crippen molar-refractivity contribution in [3.05, 3.63) is 33.3 Å². The van der Waals surface area contributed by atoms with Gasteiger partial charge in [0.15, 0.2) is 0 Å². The van der Waals surface area contributed by atoms with Gasteiger partial charge in [0.25, 0.3) is 0 Å². The van der Waals surface area contributed by atoms with Crippen LogP contribution in [0.2, 0.25) is 5.02 Å². The predicted molar refractivity (Wildman–Crippen MR) is 71.9 cm³/mol. The molecule has 0 spiro atoms. The highest BCUT2D eigenvalue weighted by Gasteiger charge is 2.16. The van der Waals surface area contributed by atoms with E-state index in [-0.39, 0.29) is 5.54 Å². The van der Waals surface area contributed by atoms with Crippen LogP contribution in [0.15, 0.2) is 22.7 Å². The zero-order valence-electron chi connectivity index (χ0n) is 9.81. The molecule has 1 rings (SSSR count). The Morgan fingerprint density at radius 1 is 1.44 bits per heavy atom. The fourth-order valence-electron chi connectivity index (χ4n) is 1.41. The Labute approximate surface area is 110 Å². The molecule has 90 valence electrons. The van der Waals surface area contributed by atoms with Gasteiger partial charge in [-0.05, 0) is 31.5 Å². The second kappa shape index (κ2) is 6.01. The summed E-state index contributed by atoms with van der Waals surface area (Å²) in [5, 5.41) is 4.18. The van der Waals surface area contributed by atoms with Gasteiger partial charge in [-0.25, -0.2) is 0 Å². The van der Waals surface area contributed by atoms with Gasteiger partial charge in [0.2, 0.25) is 0 Å². The van der Waals surface area contributed by atoms with Crippen molar-refractivity contribution in [1.29, 1.82) is 0 Å². The molecule has 0 aliphatic rings. The van der Waals surface area contributed by atoms with Gasteiger partial charge in [0.1, 0.15) is 0 Å². The van der Waals surface area contributed by atoms with Gasteiger partial charge in [-0.2, -0.15) is 0 Å². The highest BCUT2D eigenvalue weighted by atomic mass is 79.9. The molecule has 16 heavy (non-hydrogen) atoms. The lowest BCUT2D eigenvalue weighted by Crippen LogP contribution is -2.42. The van der Waals surface area contributed by atoms with E-state index in [0.29, 0.717) is 6.61 Å². The van der Waals surface area contributed by atoms with Crippen LogP contribution in [0.5, 0.6) is 0 Å². The largest absolute Gasteiger partial charge is 0.383 e. The molecule has 0 atom stereocenters. The summed E-state index contributed by atoms with van der Waals surface area (Å²) in [6.45, 7) is 5.61. The molecule has 0 saturated carbocycles. The van der Waals surface area contributed by atoms with Gasteiger partial charge in [0.05, 0.1) is 6.61 Å². The zero-order valence-corrected chi connectivity index (χ0v) is 12.2. The third kappa shape index (κ3) is 4.42. The highest BCUT2D eigenvalue weighted by Crippen LogP contribution is 2.21. The molecule has 0 aliphatic carbocycles. The van der Waals surface area contributed by atoms with Crippen LogP contribution in [0.1, 0.15) is 19.4 Å². The molecular formula is C12H17BrClNO. The Balaban J connectivity index is 2.61. The Morgan fingerprint density at radius 2 is 2.12 bits per heavy atom. The standard InChI is InChI=1S/C12H17BrClNO/c1-12(2,8-16-3)15-7-9-4-5-10(13)6-11(9)14/h4-6,15H,7-8H2,1-3H3. The Kier molecular flexibility index (Phi) is 5.25. The quantitative estimate of drug-likeness (QED) is 0.897. The molecule has 0 amide bonds. The van der Waals surface area contributed by atoms with Crippen molar-refractivity contribution in [2.45, 2.75) is 25.9 Å². The van der Waals surface area contributed by atoms with E-state index in [2.05, 4.69) is 35.1 Å². The molecule has 1 N–H and O–H groups in total. The van der Waals surface area contributed by atoms with Gasteiger partial charge in [-0.15, -0.1) is 0 Å². The van der Waals surface area contributed by atoms with Gasteiger partial charge >= 0.3 is 0 Å². The summed E-state index contributed by atoms with van der Waals surface area (Å²) in [6.07, 6.45) is 0. The minimum Gasteiger partial charge on any atom is -0.383 e. The average molecular weight is 307 g/mol. The lowest BCUT2D eigenvalue weighted by Gasteiger charge is -2.25. The van der Waals surface area contributed by atoms with Gasteiger partial charge in [0, 0.05) is 28.7 Å². The molecule has 0 unspecified atom stereocenters. The highest BCUT2D eigenvalue weighted by molar-refractivity contribution is 9.10. The minimum absolute atomic E-state index is 0.0504. The molecule has 0 bridgehead atoms. The van der Waals surface area contributed by atoms with E-state index < -0.39 is 0 Å². The first-order valence-corrected chi connectivity index (χ1v) is 6.29. The van der Waals surface area contributed by atoms with Crippen LogP contribution in [0.4, 0.5) is 0 Å². The van der Waals surface area contributed by atoms with Crippen LogP contribution in [-0.2, 0) is 11.3 Å². The number of nitrogens with one attached hydrogen (secondary N) is 1. The van der Waals surface area contributed by atoms with Gasteiger partial charge in [-0.3, -0.25) is 0 Å². The zero-order chi connectivity index (χ0) is 12.2. The third-order valence-corrected chi connectivity index (χ3v) is 3.12. The summed E-state index contributed by atoms with van der Waals surface area (Å²) in [6, 6.07) is 5.91. The van der Waals surface area contributed by atoms with E-state index in [1.165, 1.54) is 0 Å². The molecule has 0 radical (unpaired) electrons. The topological polar surface area (TPSA) is 21.3 Å². The van der Waals surface area contributed by atoms with Crippen LogP contribution in [-0.4, -0.2) is 19.3 Å². The Morgan fingerprint density at radius 3 is 2.69 bits per heavy atom. The summed E-state index contributed by atoms with van der Waals surface area (Å²) in [5.74, 6) is 0. The van der Waals surface area contributed by atoms with Crippen molar-refractivity contribution in [2.24, 2.45) is 0 Å². The molecule has 0 heterocycles. The van der Waals surface area contributed by atoms with Crippen LogP contribution >= 0.6 is 27.5 Å². The molecule has 0 aliphatic heterocycles. The monoisotopic (exact) mass is 305 g/mol. The molecular weight excluding hydrogens is 289 g/mol. The van der Waals surface area contributed by atoms with E-state index in [1.54, 1.807) is 7.11 Å². The van der Waals surface area contributed by atoms with E-state index in [9.17, 15) is 0 Å². The van der Waals surface area contributed by atoms with Crippen molar-refractivity contribution < 1.29 is 4.74 Å². The van der Waals surface area contributed by atoms with Crippen LogP contribution < -0.4 is 5.32 Å². The fraction of sp³-hybridized carbons (Fsp3) is 0.500. The van der Waals surface area contributed by atoms with Crippen LogP contribution in [0.25, 0.3) is 0 Å². The van der Waals surface area contributed by atoms with Gasteiger partial charge < -0.3 is 10.1 Å². The Hall–Kier alpha value is -0.0900. The van der Waals surface area contributed by atoms with E-state index in [0.717, 1.165) is 21.6 Å². The molecule has 1 aromatic carbocycles. The van der Waals surface area contributed by atoms with Crippen molar-refractivity contribution in [3.63, 3.8) is 0 Å². The first-order chi connectivity index (χ1) is 7.44. The van der Waals surface area contributed by atoms with E-state index >= 15 is 0 Å². The SMILES string of the molecule is COCC(C)(C)NCc1ccc(Br)cc1Cl. The number of rotatable bonds is 5. The van der Waals surface area contributed by atoms with E-state index in [4.69, 9.17) is 16.3 Å². The number of halogens is 2. The number of methoxy groups -OCH3 is 1. The molecule has 0 aromatic heterocycles. The normalized spacial score (nSPS) is 11.8. The number of ether oxygens (including phenoxy) is 1. The maximum absolute atomic E-state index is 6.13. The predicted octanol–water partition coefficient (Wildman–Crippen LogP) is 3.62. The van der Waals surface area contributed by atoms with Crippen LogP contribution in [0, 0.1) is 0 Å². The Bertz CT molecular complexity index is 355. The average Bonchev–Trinajstić information content (AvgIpc) is 2.16. The summed E-state index contributed by atoms with van der Waals surface area (Å²) >= 11 is 9.52. The molecule has 4 heteroatoms. The first-order valence-electron chi connectivity index (χ1n) is 5.12. The molecule has 0 fully saturated rings. The number of hydrogen-bond donors (Lipinski definition) is 1. The van der Waals surface area contributed by atoms with Crippen molar-refractivity contribution in [1.82, 2.24) is 5.32 Å². The lowest BCUT2D eigenvalue weighted by atomic mass is 10.1. The maximum atomic E-state index is 6.13. The lowest BCUT2D eigenvalue weighted by molar-refractivity contribution is 0.128. The summed E-state index contributed by atoms with van der Waals surface area (Å²) in [4.78, 5) is 0. The fourth-order valence-corrected chi connectivity index (χ4v) is 2.15. The van der Waals surface area contributed by atoms with Crippen molar-refractivity contribution in [3.8, 4) is 0 Å². The molecule has 0 saturated heterocycles. The maximum Gasteiger partial charge on any atom is 0.0639 e. The molecule has 2 nitrogen and oxygen atoms in total. The number of benzene rings is 1. The summed E-state index contributed by atoms with van der Waals surface area (Å²) in [7, 11) is 1.70. The summed E-state index contributed by atoms with van der Waals surface area (Å²) in [5.41, 5.74) is 1.04. The van der Waals surface area contributed by atoms with Crippen LogP contribution in [0.3, 0.4) is 0 Å². The smallest absolute Gasteiger partial charge is 0.0639 e. The van der Waals surface area contributed by atoms with Gasteiger partial charge in [-0.1, -0.05) is 33.6 Å². The second-order valence-corrected chi connectivity index (χ2v) is 5.73. The van der Waals surface area contributed by atoms with Crippen molar-refractivity contribution in [2.75, 3.05) is 13.7 Å². The summed E-state index contributed by atoms with van der Waals surface area (Å²) < 4.78 is 6.14. The molecule has 1 aromatic rings.